The standard InChI is InChI=1S/C24H23N5O/c25-13-19-20(18-7-4-12-27-14-18)21-22(28-29-24(21)30-23(19)26)17-10-8-16(9-11-17)15-5-2-1-3-6-15/h4,7-12,14-15,20H,1-3,5-6,26H2,(H,28,29). The fourth-order valence-corrected chi connectivity index (χ4v) is 4.70. The molecule has 5 rings (SSSR count). The molecule has 0 saturated heterocycles. The number of nitrogens with one attached hydrogen (secondary N) is 1. The number of nitrogens with zero attached hydrogens (tertiary/aromatic N) is 3. The van der Waals surface area contributed by atoms with Crippen LogP contribution in [-0.2, 0) is 0 Å². The van der Waals surface area contributed by atoms with Gasteiger partial charge in [0.05, 0.1) is 17.2 Å². The SMILES string of the molecule is N#CC1=C(N)Oc2n[nH]c(-c3ccc(C4CCCCC4)cc3)c2C1c1cccnc1. The zero-order valence-electron chi connectivity index (χ0n) is 16.6. The lowest BCUT2D eigenvalue weighted by molar-refractivity contribution is 0.379. The number of pyridine rings is 1. The van der Waals surface area contributed by atoms with Gasteiger partial charge in [-0.05, 0) is 36.0 Å². The predicted octanol–water partition coefficient (Wildman–Crippen LogP) is 4.74. The summed E-state index contributed by atoms with van der Waals surface area (Å²) in [4.78, 5) is 4.23. The number of benzene rings is 1. The number of allylic oxidation sites excluding steroid dienone is 1. The number of hydrogen-bond acceptors (Lipinski definition) is 5. The summed E-state index contributed by atoms with van der Waals surface area (Å²) >= 11 is 0. The highest BCUT2D eigenvalue weighted by atomic mass is 16.5. The van der Waals surface area contributed by atoms with Crippen molar-refractivity contribution in [2.45, 2.75) is 43.9 Å². The number of nitrogens with two attached hydrogens (primary N) is 1. The van der Waals surface area contributed by atoms with E-state index in [4.69, 9.17) is 10.5 Å². The molecule has 3 heterocycles. The van der Waals surface area contributed by atoms with Crippen LogP contribution in [0.1, 0.15) is 60.6 Å². The van der Waals surface area contributed by atoms with Gasteiger partial charge in [-0.15, -0.1) is 5.10 Å². The maximum atomic E-state index is 9.78. The largest absolute Gasteiger partial charge is 0.420 e. The maximum Gasteiger partial charge on any atom is 0.244 e. The van der Waals surface area contributed by atoms with Gasteiger partial charge in [-0.3, -0.25) is 10.1 Å². The Morgan fingerprint density at radius 3 is 2.57 bits per heavy atom. The van der Waals surface area contributed by atoms with E-state index in [1.807, 2.05) is 12.1 Å². The van der Waals surface area contributed by atoms with E-state index in [1.54, 1.807) is 12.4 Å². The molecule has 2 aliphatic rings. The first kappa shape index (κ1) is 18.4. The molecule has 2 aromatic heterocycles. The summed E-state index contributed by atoms with van der Waals surface area (Å²) in [6, 6.07) is 14.7. The Morgan fingerprint density at radius 2 is 1.87 bits per heavy atom. The van der Waals surface area contributed by atoms with Crippen molar-refractivity contribution < 1.29 is 4.74 Å². The van der Waals surface area contributed by atoms with Crippen molar-refractivity contribution in [2.75, 3.05) is 0 Å². The molecule has 6 heteroatoms. The molecule has 0 spiro atoms. The molecule has 3 N–H and O–H groups in total. The van der Waals surface area contributed by atoms with E-state index in [0.717, 1.165) is 22.4 Å². The highest BCUT2D eigenvalue weighted by Gasteiger charge is 2.35. The predicted molar refractivity (Wildman–Crippen MR) is 113 cm³/mol. The number of H-pyrrole nitrogens is 1. The van der Waals surface area contributed by atoms with Gasteiger partial charge in [-0.2, -0.15) is 5.26 Å². The van der Waals surface area contributed by atoms with Gasteiger partial charge >= 0.3 is 0 Å². The van der Waals surface area contributed by atoms with Crippen molar-refractivity contribution in [1.29, 1.82) is 5.26 Å². The first-order valence-electron chi connectivity index (χ1n) is 10.4. The molecule has 6 nitrogen and oxygen atoms in total. The number of nitriles is 1. The number of hydrogen-bond donors (Lipinski definition) is 2. The molecule has 3 aromatic rings. The minimum atomic E-state index is -0.376. The first-order chi connectivity index (χ1) is 14.8. The van der Waals surface area contributed by atoms with E-state index in [9.17, 15) is 5.26 Å². The van der Waals surface area contributed by atoms with Crippen molar-refractivity contribution in [3.63, 3.8) is 0 Å². The minimum absolute atomic E-state index is 0.0875. The van der Waals surface area contributed by atoms with Crippen LogP contribution < -0.4 is 10.5 Å². The Bertz CT molecular complexity index is 1120. The van der Waals surface area contributed by atoms with E-state index >= 15 is 0 Å². The number of rotatable bonds is 3. The summed E-state index contributed by atoms with van der Waals surface area (Å²) in [5.41, 5.74) is 11.4. The summed E-state index contributed by atoms with van der Waals surface area (Å²) in [5, 5.41) is 17.2. The van der Waals surface area contributed by atoms with Crippen LogP contribution in [0.25, 0.3) is 11.3 Å². The number of ether oxygens (including phenoxy) is 1. The van der Waals surface area contributed by atoms with Gasteiger partial charge in [-0.1, -0.05) is 49.6 Å². The van der Waals surface area contributed by atoms with Gasteiger partial charge in [0.2, 0.25) is 11.8 Å². The van der Waals surface area contributed by atoms with Gasteiger partial charge in [0, 0.05) is 18.0 Å². The molecular weight excluding hydrogens is 374 g/mol. The second-order valence-corrected chi connectivity index (χ2v) is 7.99. The smallest absolute Gasteiger partial charge is 0.244 e. The molecule has 1 aromatic carbocycles. The van der Waals surface area contributed by atoms with E-state index in [2.05, 4.69) is 45.5 Å². The third-order valence-corrected chi connectivity index (χ3v) is 6.23. The van der Waals surface area contributed by atoms with Gasteiger partial charge in [0.25, 0.3) is 0 Å². The quantitative estimate of drug-likeness (QED) is 0.665. The summed E-state index contributed by atoms with van der Waals surface area (Å²) in [6.07, 6.45) is 9.99. The molecular formula is C24H23N5O. The fraction of sp³-hybridized carbons (Fsp3) is 0.292. The minimum Gasteiger partial charge on any atom is -0.420 e. The van der Waals surface area contributed by atoms with Crippen molar-refractivity contribution in [3.8, 4) is 23.2 Å². The van der Waals surface area contributed by atoms with Crippen LogP contribution in [0.15, 0.2) is 60.2 Å². The van der Waals surface area contributed by atoms with Crippen molar-refractivity contribution in [2.24, 2.45) is 5.73 Å². The maximum absolute atomic E-state index is 9.78. The van der Waals surface area contributed by atoms with Crippen LogP contribution in [0, 0.1) is 11.3 Å². The van der Waals surface area contributed by atoms with Crippen LogP contribution in [0.3, 0.4) is 0 Å². The summed E-state index contributed by atoms with van der Waals surface area (Å²) < 4.78 is 5.68. The van der Waals surface area contributed by atoms with E-state index in [0.29, 0.717) is 17.4 Å². The summed E-state index contributed by atoms with van der Waals surface area (Å²) in [6.45, 7) is 0. The first-order valence-corrected chi connectivity index (χ1v) is 10.4. The van der Waals surface area contributed by atoms with Crippen LogP contribution in [-0.4, -0.2) is 15.2 Å². The highest BCUT2D eigenvalue weighted by Crippen LogP contribution is 2.45. The second kappa shape index (κ2) is 7.68. The average Bonchev–Trinajstić information content (AvgIpc) is 3.22. The molecule has 0 amide bonds. The van der Waals surface area contributed by atoms with Crippen molar-refractivity contribution in [3.05, 3.63) is 76.9 Å². The van der Waals surface area contributed by atoms with Gasteiger partial charge in [0.15, 0.2) is 0 Å². The lowest BCUT2D eigenvalue weighted by atomic mass is 9.82. The second-order valence-electron chi connectivity index (χ2n) is 7.99. The highest BCUT2D eigenvalue weighted by molar-refractivity contribution is 5.71. The van der Waals surface area contributed by atoms with Gasteiger partial charge in [-0.25, -0.2) is 0 Å². The third kappa shape index (κ3) is 3.13. The van der Waals surface area contributed by atoms with E-state index in [-0.39, 0.29) is 11.8 Å². The Labute approximate surface area is 175 Å². The van der Waals surface area contributed by atoms with Crippen LogP contribution in [0.5, 0.6) is 5.88 Å². The molecule has 1 saturated carbocycles. The monoisotopic (exact) mass is 397 g/mol. The van der Waals surface area contributed by atoms with Crippen LogP contribution in [0.2, 0.25) is 0 Å². The molecule has 1 aliphatic carbocycles. The molecule has 0 radical (unpaired) electrons. The lowest BCUT2D eigenvalue weighted by Crippen LogP contribution is -2.21. The Kier molecular flexibility index (Phi) is 4.72. The summed E-state index contributed by atoms with van der Waals surface area (Å²) in [5.74, 6) is 0.776. The number of aromatic amines is 1. The fourth-order valence-electron chi connectivity index (χ4n) is 4.70. The molecule has 1 fully saturated rings. The molecule has 1 aliphatic heterocycles. The lowest BCUT2D eigenvalue weighted by Gasteiger charge is -2.24. The molecule has 1 atom stereocenters. The molecule has 30 heavy (non-hydrogen) atoms. The number of aromatic nitrogens is 3. The molecule has 0 bridgehead atoms. The van der Waals surface area contributed by atoms with Crippen LogP contribution >= 0.6 is 0 Å². The molecule has 1 unspecified atom stereocenters. The molecule has 150 valence electrons. The Balaban J connectivity index is 1.57. The van der Waals surface area contributed by atoms with Crippen molar-refractivity contribution in [1.82, 2.24) is 15.2 Å². The average molecular weight is 397 g/mol. The van der Waals surface area contributed by atoms with E-state index < -0.39 is 0 Å². The Morgan fingerprint density at radius 1 is 1.07 bits per heavy atom. The van der Waals surface area contributed by atoms with Crippen LogP contribution in [0.4, 0.5) is 0 Å². The number of fused-ring (bicyclic) bond motifs is 1. The van der Waals surface area contributed by atoms with Gasteiger partial charge < -0.3 is 10.5 Å². The zero-order valence-corrected chi connectivity index (χ0v) is 16.6. The van der Waals surface area contributed by atoms with E-state index in [1.165, 1.54) is 37.7 Å². The zero-order chi connectivity index (χ0) is 20.5. The normalized spacial score (nSPS) is 19.1. The third-order valence-electron chi connectivity index (χ3n) is 6.23. The Hall–Kier alpha value is -3.59. The summed E-state index contributed by atoms with van der Waals surface area (Å²) in [7, 11) is 0. The van der Waals surface area contributed by atoms with Crippen molar-refractivity contribution >= 4 is 0 Å². The topological polar surface area (TPSA) is 101 Å². The van der Waals surface area contributed by atoms with Gasteiger partial charge in [0.1, 0.15) is 11.6 Å².